The van der Waals surface area contributed by atoms with E-state index in [9.17, 15) is 55.1 Å². The molecule has 0 aromatic carbocycles. The van der Waals surface area contributed by atoms with E-state index in [1.165, 1.54) is 80.9 Å². The highest BCUT2D eigenvalue weighted by atomic mass is 35.5. The lowest BCUT2D eigenvalue weighted by Gasteiger charge is -2.54. The average Bonchev–Trinajstić information content (AvgIpc) is 1.37. The van der Waals surface area contributed by atoms with Gasteiger partial charge in [0.1, 0.15) is 53.9 Å². The molecule has 3 aliphatic heterocycles. The number of hydrogen-bond acceptors (Lipinski definition) is 13. The minimum Gasteiger partial charge on any atom is -0.377 e. The third kappa shape index (κ3) is 22.1. The smallest absolute Gasteiger partial charge is 0.377 e. The number of nitrogens with zero attached hydrogens (tertiary/aromatic N) is 9. The van der Waals surface area contributed by atoms with Crippen molar-refractivity contribution in [1.29, 1.82) is 0 Å². The lowest BCUT2D eigenvalue weighted by atomic mass is 9.58. The monoisotopic (exact) mass is 1570 g/mol. The molecule has 109 heavy (non-hydrogen) atoms. The summed E-state index contributed by atoms with van der Waals surface area (Å²) in [4.78, 5) is 193. The van der Waals surface area contributed by atoms with Gasteiger partial charge in [0.05, 0.1) is 37.5 Å². The van der Waals surface area contributed by atoms with Gasteiger partial charge < -0.3 is 64.8 Å². The maximum Gasteiger partial charge on any atom is 0.393 e. The molecular weight excluding hydrogens is 1450 g/mol. The molecule has 7 aliphatic rings. The summed E-state index contributed by atoms with van der Waals surface area (Å²) < 4.78 is 91.0. The van der Waals surface area contributed by atoms with Crippen LogP contribution in [0.15, 0.2) is 12.2 Å². The molecule has 12 amide bonds. The van der Waals surface area contributed by atoms with Crippen molar-refractivity contribution >= 4 is 82.5 Å². The van der Waals surface area contributed by atoms with Gasteiger partial charge in [0.15, 0.2) is 0 Å². The van der Waals surface area contributed by atoms with Crippen LogP contribution >= 0.6 is 11.6 Å². The molecule has 1 spiro atoms. The van der Waals surface area contributed by atoms with Gasteiger partial charge in [0.2, 0.25) is 70.9 Å². The van der Waals surface area contributed by atoms with Gasteiger partial charge in [0, 0.05) is 87.9 Å². The molecule has 3 unspecified atom stereocenters. The van der Waals surface area contributed by atoms with E-state index in [1.54, 1.807) is 32.9 Å². The third-order valence-corrected chi connectivity index (χ3v) is 24.8. The van der Waals surface area contributed by atoms with Crippen LogP contribution < -0.4 is 16.0 Å². The Morgan fingerprint density at radius 1 is 0.661 bits per heavy atom. The fourth-order valence-electron chi connectivity index (χ4n) is 17.9. The molecule has 3 N–H and O–H groups in total. The fraction of sp³-hybridized carbons (Fsp3) is 0.818. The molecule has 7 rings (SSSR count). The van der Waals surface area contributed by atoms with Gasteiger partial charge in [-0.25, -0.2) is 0 Å². The van der Waals surface area contributed by atoms with Crippen LogP contribution in [-0.2, 0) is 62.3 Å². The van der Waals surface area contributed by atoms with Crippen molar-refractivity contribution in [3.05, 3.63) is 12.2 Å². The van der Waals surface area contributed by atoms with Crippen molar-refractivity contribution in [2.45, 2.75) is 267 Å². The van der Waals surface area contributed by atoms with Gasteiger partial charge in [-0.1, -0.05) is 73.0 Å². The van der Waals surface area contributed by atoms with E-state index in [2.05, 4.69) is 16.0 Å². The molecule has 2 bridgehead atoms. The zero-order valence-corrected chi connectivity index (χ0v) is 67.3. The molecule has 2 saturated heterocycles. The summed E-state index contributed by atoms with van der Waals surface area (Å²) >= 11 is 6.44. The van der Waals surface area contributed by atoms with Crippen molar-refractivity contribution in [1.82, 2.24) is 60.0 Å². The van der Waals surface area contributed by atoms with Crippen LogP contribution in [0.25, 0.3) is 0 Å². The number of likely N-dealkylation sites (N-methyl/N-ethyl adjacent to an activating group) is 7. The van der Waals surface area contributed by atoms with Crippen LogP contribution in [0.3, 0.4) is 0 Å². The van der Waals surface area contributed by atoms with Crippen molar-refractivity contribution in [3.63, 3.8) is 0 Å². The Kier molecular flexibility index (Phi) is 30.9. The number of rotatable bonds is 13. The molecule has 6 fully saturated rings. The number of nitrogens with one attached hydrogen (secondary N) is 3. The lowest BCUT2D eigenvalue weighted by molar-refractivity contribution is -0.184. The molecule has 32 heteroatoms. The maximum absolute atomic E-state index is 15.8. The Morgan fingerprint density at radius 2 is 1.28 bits per heavy atom. The molecule has 4 saturated carbocycles. The Hall–Kier alpha value is -6.79. The Labute approximate surface area is 644 Å². The second-order valence-electron chi connectivity index (χ2n) is 33.7. The van der Waals surface area contributed by atoms with Gasteiger partial charge in [0.25, 0.3) is 0 Å². The average molecular weight is 1570 g/mol. The Morgan fingerprint density at radius 3 is 1.85 bits per heavy atom. The number of ether oxygens (including phenoxy) is 1. The van der Waals surface area contributed by atoms with Crippen LogP contribution in [0.2, 0.25) is 0 Å². The fourth-order valence-corrected chi connectivity index (χ4v) is 18.4. The topological polar surface area (TPSA) is 279 Å². The lowest BCUT2D eigenvalue weighted by Crippen LogP contribution is -2.71. The first kappa shape index (κ1) is 89.4. The van der Waals surface area contributed by atoms with Crippen molar-refractivity contribution in [2.75, 3.05) is 89.2 Å². The highest BCUT2D eigenvalue weighted by Crippen LogP contribution is 2.50. The van der Waals surface area contributed by atoms with E-state index < -0.39 is 209 Å². The highest BCUT2D eigenvalue weighted by molar-refractivity contribution is 6.21. The van der Waals surface area contributed by atoms with Gasteiger partial charge in [-0.05, 0) is 151 Å². The minimum atomic E-state index is -4.58. The summed E-state index contributed by atoms with van der Waals surface area (Å²) in [6.07, 6.45) is -5.12. The molecule has 3 heterocycles. The number of halogens is 7. The first-order valence-electron chi connectivity index (χ1n) is 39.2. The summed E-state index contributed by atoms with van der Waals surface area (Å²) in [5.41, 5.74) is -2.26. The van der Waals surface area contributed by atoms with Gasteiger partial charge >= 0.3 is 12.4 Å². The quantitative estimate of drug-likeness (QED) is 0.0928. The third-order valence-electron chi connectivity index (χ3n) is 24.3. The highest BCUT2D eigenvalue weighted by Gasteiger charge is 2.60. The number of alkyl halides is 7. The van der Waals surface area contributed by atoms with Crippen LogP contribution in [0.4, 0.5) is 26.3 Å². The first-order valence-corrected chi connectivity index (χ1v) is 39.6. The number of amides is 12. The number of hydrogen-bond donors (Lipinski definition) is 3. The Balaban J connectivity index is 1.34. The second kappa shape index (κ2) is 37.7. The number of carbonyl (C=O) groups is 12. The molecule has 0 radical (unpaired) electrons. The van der Waals surface area contributed by atoms with E-state index in [0.29, 0.717) is 32.1 Å². The second-order valence-corrected chi connectivity index (χ2v) is 34.3. The summed E-state index contributed by atoms with van der Waals surface area (Å²) in [5.74, 6) is -14.5. The summed E-state index contributed by atoms with van der Waals surface area (Å²) in [6, 6.07) is -10.9. The van der Waals surface area contributed by atoms with Crippen molar-refractivity contribution in [2.24, 2.45) is 46.8 Å². The van der Waals surface area contributed by atoms with Gasteiger partial charge in [-0.2, -0.15) is 26.3 Å². The molecular formula is C77H121ClF6N12O13. The van der Waals surface area contributed by atoms with Crippen LogP contribution in [-0.4, -0.2) is 282 Å². The molecule has 13 atom stereocenters. The molecule has 25 nitrogen and oxygen atoms in total. The maximum atomic E-state index is 15.8. The van der Waals surface area contributed by atoms with E-state index in [-0.39, 0.29) is 128 Å². The van der Waals surface area contributed by atoms with Gasteiger partial charge in [-0.15, -0.1) is 11.6 Å². The summed E-state index contributed by atoms with van der Waals surface area (Å²) in [6.45, 7) is 11.1. The standard InChI is InChI=1S/C77H121ClF6N12O13/c1-16-46(5)63-71(106)90(11)42-62(99)91(12)55-25-19-18-22-34-95(70(55)105)59(37-48-26-30-50(31-27-48)76(79,80)81)69(104)89(10)41-60(97)85-54(33-29-47-28-32-52(53(78)36-47)77(82,83)84)67(102)96-40-51(109-17-2)38-57(96)66(101)87-75(43-74(6,7)44-75)73(108)94(15)64(49-23-20-21-24-49)72(107)93(14)58(68(103)88(8)9)39-61(98)92(13)56(35-45(3)4)65(100)86-63/h18-19,45-59,63-64H,16-17,20-44H2,1-15H3,(H,85,97)(H,86,100)(H,87,101)/b19-18-/t46-,47?,48?,50?,51+,52?,53?,54-,55-,56-,57-,58-,59-,63-,64-/m0/s1. The van der Waals surface area contributed by atoms with Crippen molar-refractivity contribution in [3.8, 4) is 0 Å². The van der Waals surface area contributed by atoms with E-state index >= 15 is 28.8 Å². The molecule has 616 valence electrons. The SMILES string of the molecule is CCO[C@@H]1C[C@H]2C(=O)NC3(CC(C)(C)C3)C(=O)N(C)[C@@H](C3CCCC3)C(=O)N(C)[C@H](C(=O)N(C)C)CC(=O)N(C)[C@@H](CC(C)C)C(=O)N[C@@H]([C@@H](C)CC)C(=O)N(C)CC(=O)N(C)[C@H]3C/C=C\CCN(C3=O)[C@@H](CC3CCC(C(F)(F)F)CC3)C(=O)N(C)CC(=O)N[C@@H](CCC3CCC(C(F)(F)F)C(Cl)C3)C(=O)N2C1. The van der Waals surface area contributed by atoms with Crippen molar-refractivity contribution < 1.29 is 88.6 Å². The Bertz CT molecular complexity index is 3290. The predicted molar refractivity (Wildman–Crippen MR) is 395 cm³/mol. The van der Waals surface area contributed by atoms with Crippen LogP contribution in [0.1, 0.15) is 190 Å². The molecule has 0 aromatic rings. The van der Waals surface area contributed by atoms with Crippen LogP contribution in [0.5, 0.6) is 0 Å². The minimum absolute atomic E-state index is 0.0328. The number of carbonyl (C=O) groups excluding carboxylic acids is 12. The molecule has 0 aromatic heterocycles. The zero-order chi connectivity index (χ0) is 81.3. The largest absolute Gasteiger partial charge is 0.393 e. The van der Waals surface area contributed by atoms with E-state index in [4.69, 9.17) is 16.3 Å². The van der Waals surface area contributed by atoms with Gasteiger partial charge in [-0.3, -0.25) is 57.5 Å². The number of fused-ring (bicyclic) bond motifs is 3. The van der Waals surface area contributed by atoms with Crippen LogP contribution in [0, 0.1) is 46.8 Å². The zero-order valence-electron chi connectivity index (χ0n) is 66.5. The van der Waals surface area contributed by atoms with E-state index in [0.717, 1.165) is 19.6 Å². The summed E-state index contributed by atoms with van der Waals surface area (Å²) in [7, 11) is 11.1. The normalized spacial score (nSPS) is 31.6. The van der Waals surface area contributed by atoms with E-state index in [1.807, 2.05) is 27.7 Å². The predicted octanol–water partition coefficient (Wildman–Crippen LogP) is 7.31. The summed E-state index contributed by atoms with van der Waals surface area (Å²) in [5, 5.41) is 7.40. The molecule has 4 aliphatic carbocycles. The first-order chi connectivity index (χ1) is 50.9.